The van der Waals surface area contributed by atoms with Crippen molar-refractivity contribution in [2.75, 3.05) is 20.7 Å². The second-order valence-electron chi connectivity index (χ2n) is 7.88. The van der Waals surface area contributed by atoms with E-state index in [4.69, 9.17) is 9.15 Å². The van der Waals surface area contributed by atoms with Gasteiger partial charge in [0, 0.05) is 31.1 Å². The summed E-state index contributed by atoms with van der Waals surface area (Å²) in [6.07, 6.45) is 2.28. The molecule has 31 heavy (non-hydrogen) atoms. The zero-order chi connectivity index (χ0) is 22.0. The van der Waals surface area contributed by atoms with E-state index in [1.54, 1.807) is 31.2 Å². The predicted molar refractivity (Wildman–Crippen MR) is 118 cm³/mol. The summed E-state index contributed by atoms with van der Waals surface area (Å²) >= 11 is 0. The number of amides is 2. The molecule has 2 atom stereocenters. The predicted octanol–water partition coefficient (Wildman–Crippen LogP) is 3.88. The summed E-state index contributed by atoms with van der Waals surface area (Å²) in [5.74, 6) is 0.861. The van der Waals surface area contributed by atoms with Crippen LogP contribution in [0.4, 0.5) is 0 Å². The number of carbonyl (C=O) groups excluding carboxylic acids is 2. The molecule has 0 aliphatic heterocycles. The van der Waals surface area contributed by atoms with Crippen LogP contribution in [0, 0.1) is 5.92 Å². The van der Waals surface area contributed by atoms with Gasteiger partial charge in [0.05, 0.1) is 12.7 Å². The molecule has 1 aliphatic rings. The third-order valence-corrected chi connectivity index (χ3v) is 5.97. The minimum Gasteiger partial charge on any atom is -0.496 e. The van der Waals surface area contributed by atoms with Crippen molar-refractivity contribution in [2.24, 2.45) is 5.92 Å². The fraction of sp³-hybridized carbons (Fsp3) is 0.375. The number of rotatable bonds is 6. The van der Waals surface area contributed by atoms with Gasteiger partial charge in [-0.15, -0.1) is 0 Å². The van der Waals surface area contributed by atoms with Gasteiger partial charge in [-0.1, -0.05) is 12.1 Å². The van der Waals surface area contributed by atoms with E-state index in [0.29, 0.717) is 35.8 Å². The normalized spacial score (nSPS) is 18.2. The monoisotopic (exact) mass is 421 g/mol. The number of nitrogens with one attached hydrogen (secondary N) is 1. The van der Waals surface area contributed by atoms with Crippen molar-refractivity contribution in [1.82, 2.24) is 15.2 Å². The summed E-state index contributed by atoms with van der Waals surface area (Å²) in [4.78, 5) is 31.6. The number of oxazole rings is 1. The van der Waals surface area contributed by atoms with Gasteiger partial charge < -0.3 is 19.4 Å². The first-order valence-electron chi connectivity index (χ1n) is 10.6. The van der Waals surface area contributed by atoms with Gasteiger partial charge in [0.2, 0.25) is 11.8 Å². The van der Waals surface area contributed by atoms with Gasteiger partial charge in [0.25, 0.3) is 5.91 Å². The first-order chi connectivity index (χ1) is 15.0. The molecule has 2 amide bonds. The molecule has 0 radical (unpaired) electrons. The van der Waals surface area contributed by atoms with Crippen LogP contribution >= 0.6 is 0 Å². The summed E-state index contributed by atoms with van der Waals surface area (Å²) in [7, 11) is 3.34. The van der Waals surface area contributed by atoms with Crippen molar-refractivity contribution in [3.63, 3.8) is 0 Å². The van der Waals surface area contributed by atoms with E-state index in [0.717, 1.165) is 23.9 Å². The lowest BCUT2D eigenvalue weighted by molar-refractivity contribution is -0.124. The topological polar surface area (TPSA) is 84.7 Å². The second-order valence-corrected chi connectivity index (χ2v) is 7.88. The molecule has 7 nitrogen and oxygen atoms in total. The van der Waals surface area contributed by atoms with Crippen molar-refractivity contribution in [1.29, 1.82) is 0 Å². The Morgan fingerprint density at radius 3 is 2.77 bits per heavy atom. The molecule has 1 aliphatic carbocycles. The lowest BCUT2D eigenvalue weighted by Crippen LogP contribution is -2.37. The quantitative estimate of drug-likeness (QED) is 0.653. The van der Waals surface area contributed by atoms with E-state index < -0.39 is 0 Å². The molecule has 2 aromatic carbocycles. The highest BCUT2D eigenvalue weighted by molar-refractivity contribution is 5.97. The van der Waals surface area contributed by atoms with Crippen LogP contribution < -0.4 is 10.1 Å². The third-order valence-electron chi connectivity index (χ3n) is 5.97. The Labute approximate surface area is 181 Å². The van der Waals surface area contributed by atoms with Crippen LogP contribution in [0.2, 0.25) is 0 Å². The zero-order valence-corrected chi connectivity index (χ0v) is 18.1. The number of hydrogen-bond acceptors (Lipinski definition) is 5. The zero-order valence-electron chi connectivity index (χ0n) is 18.1. The smallest absolute Gasteiger partial charge is 0.257 e. The van der Waals surface area contributed by atoms with Crippen molar-refractivity contribution < 1.29 is 18.7 Å². The van der Waals surface area contributed by atoms with Crippen LogP contribution in [0.25, 0.3) is 22.6 Å². The number of para-hydroxylation sites is 2. The molecule has 0 bridgehead atoms. The SMILES string of the molecule is CCNC(=O)C1CCC(N(C)C(=O)c2ccc(-c3nc4ccccc4o3)cc2OC)C1. The molecule has 1 heterocycles. The number of methoxy groups -OCH3 is 1. The average molecular weight is 421 g/mol. The number of hydrogen-bond donors (Lipinski definition) is 1. The first-order valence-corrected chi connectivity index (χ1v) is 10.6. The molecule has 0 spiro atoms. The molecule has 1 aromatic heterocycles. The molecule has 0 saturated heterocycles. The highest BCUT2D eigenvalue weighted by Crippen LogP contribution is 2.33. The largest absolute Gasteiger partial charge is 0.496 e. The maximum Gasteiger partial charge on any atom is 0.257 e. The maximum absolute atomic E-state index is 13.2. The Kier molecular flexibility index (Phi) is 5.93. The Morgan fingerprint density at radius 2 is 2.03 bits per heavy atom. The Morgan fingerprint density at radius 1 is 1.23 bits per heavy atom. The van der Waals surface area contributed by atoms with Crippen LogP contribution in [-0.4, -0.2) is 48.4 Å². The summed E-state index contributed by atoms with van der Waals surface area (Å²) in [6.45, 7) is 2.54. The number of benzene rings is 2. The van der Waals surface area contributed by atoms with E-state index >= 15 is 0 Å². The van der Waals surface area contributed by atoms with Crippen LogP contribution in [0.1, 0.15) is 36.5 Å². The average Bonchev–Trinajstić information content (AvgIpc) is 3.45. The van der Waals surface area contributed by atoms with E-state index in [1.807, 2.05) is 37.3 Å². The van der Waals surface area contributed by atoms with Gasteiger partial charge in [-0.05, 0) is 56.5 Å². The molecule has 7 heteroatoms. The van der Waals surface area contributed by atoms with Gasteiger partial charge in [0.15, 0.2) is 5.58 Å². The molecule has 3 aromatic rings. The number of aromatic nitrogens is 1. The Balaban J connectivity index is 1.53. The van der Waals surface area contributed by atoms with E-state index in [9.17, 15) is 9.59 Å². The Hall–Kier alpha value is -3.35. The number of carbonyl (C=O) groups is 2. The molecule has 1 N–H and O–H groups in total. The standard InChI is InChI=1S/C24H27N3O4/c1-4-25-22(28)15-9-11-17(13-15)27(2)24(29)18-12-10-16(14-21(18)30-3)23-26-19-7-5-6-8-20(19)31-23/h5-8,10,12,14-15,17H,4,9,11,13H2,1-3H3,(H,25,28). The van der Waals surface area contributed by atoms with Crippen molar-refractivity contribution in [3.05, 3.63) is 48.0 Å². The number of fused-ring (bicyclic) bond motifs is 1. The molecule has 4 rings (SSSR count). The molecule has 2 unspecified atom stereocenters. The minimum absolute atomic E-state index is 0.0292. The highest BCUT2D eigenvalue weighted by atomic mass is 16.5. The lowest BCUT2D eigenvalue weighted by Gasteiger charge is -2.25. The Bertz CT molecular complexity index is 1070. The number of nitrogens with zero attached hydrogens (tertiary/aromatic N) is 2. The van der Waals surface area contributed by atoms with Crippen LogP contribution in [0.15, 0.2) is 46.9 Å². The molecule has 162 valence electrons. The molecular formula is C24H27N3O4. The highest BCUT2D eigenvalue weighted by Gasteiger charge is 2.34. The first kappa shape index (κ1) is 20.9. The summed E-state index contributed by atoms with van der Waals surface area (Å²) in [6, 6.07) is 12.9. The van der Waals surface area contributed by atoms with Gasteiger partial charge in [0.1, 0.15) is 11.3 Å². The van der Waals surface area contributed by atoms with Crippen LogP contribution in [-0.2, 0) is 4.79 Å². The third kappa shape index (κ3) is 4.13. The fourth-order valence-corrected chi connectivity index (χ4v) is 4.22. The van der Waals surface area contributed by atoms with Crippen LogP contribution in [0.3, 0.4) is 0 Å². The summed E-state index contributed by atoms with van der Waals surface area (Å²) in [5, 5.41) is 2.88. The van der Waals surface area contributed by atoms with Crippen molar-refractivity contribution in [2.45, 2.75) is 32.2 Å². The molecule has 1 saturated carbocycles. The summed E-state index contributed by atoms with van der Waals surface area (Å²) < 4.78 is 11.4. The maximum atomic E-state index is 13.2. The minimum atomic E-state index is -0.123. The lowest BCUT2D eigenvalue weighted by atomic mass is 10.1. The van der Waals surface area contributed by atoms with Crippen LogP contribution in [0.5, 0.6) is 5.75 Å². The molecular weight excluding hydrogens is 394 g/mol. The van der Waals surface area contributed by atoms with Crippen molar-refractivity contribution >= 4 is 22.9 Å². The van der Waals surface area contributed by atoms with Gasteiger partial charge in [-0.3, -0.25) is 9.59 Å². The fourth-order valence-electron chi connectivity index (χ4n) is 4.22. The number of ether oxygens (including phenoxy) is 1. The van der Waals surface area contributed by atoms with E-state index in [2.05, 4.69) is 10.3 Å². The second kappa shape index (κ2) is 8.79. The molecule has 1 fully saturated rings. The summed E-state index contributed by atoms with van der Waals surface area (Å²) in [5.41, 5.74) is 2.70. The van der Waals surface area contributed by atoms with Gasteiger partial charge >= 0.3 is 0 Å². The van der Waals surface area contributed by atoms with Crippen molar-refractivity contribution in [3.8, 4) is 17.2 Å². The van der Waals surface area contributed by atoms with Gasteiger partial charge in [-0.25, -0.2) is 4.98 Å². The van der Waals surface area contributed by atoms with Gasteiger partial charge in [-0.2, -0.15) is 0 Å². The van der Waals surface area contributed by atoms with E-state index in [1.165, 1.54) is 0 Å². The van der Waals surface area contributed by atoms with E-state index in [-0.39, 0.29) is 23.8 Å².